The van der Waals surface area contributed by atoms with Gasteiger partial charge in [0.2, 0.25) is 5.88 Å². The molecule has 1 aromatic heterocycles. The van der Waals surface area contributed by atoms with Crippen molar-refractivity contribution < 1.29 is 4.74 Å². The highest BCUT2D eigenvalue weighted by Crippen LogP contribution is 2.26. The van der Waals surface area contributed by atoms with Crippen molar-refractivity contribution >= 4 is 5.82 Å². The van der Waals surface area contributed by atoms with E-state index >= 15 is 0 Å². The molecule has 116 valence electrons. The normalized spacial score (nSPS) is 22.6. The zero-order valence-corrected chi connectivity index (χ0v) is 13.1. The minimum Gasteiger partial charge on any atom is -0.475 e. The molecule has 1 aliphatic heterocycles. The lowest BCUT2D eigenvalue weighted by Gasteiger charge is -2.37. The Morgan fingerprint density at radius 1 is 1.29 bits per heavy atom. The lowest BCUT2D eigenvalue weighted by atomic mass is 10.0. The van der Waals surface area contributed by atoms with Crippen LogP contribution in [0.25, 0.3) is 0 Å². The Morgan fingerprint density at radius 2 is 2.14 bits per heavy atom. The molecule has 21 heavy (non-hydrogen) atoms. The van der Waals surface area contributed by atoms with Crippen molar-refractivity contribution in [2.45, 2.75) is 64.1 Å². The van der Waals surface area contributed by atoms with Gasteiger partial charge in [-0.2, -0.15) is 0 Å². The monoisotopic (exact) mass is 290 g/mol. The quantitative estimate of drug-likeness (QED) is 0.871. The number of hydrogen-bond donors (Lipinski definition) is 1. The standard InChI is InChI=1S/C16H26N4O/c1-12(2)21-16-9-15(18-11-19-16)20-8-4-3-5-14(20)10-17-13-6-7-13/h9,11-14,17H,3-8,10H2,1-2H3. The van der Waals surface area contributed by atoms with Crippen LogP contribution in [0, 0.1) is 0 Å². The summed E-state index contributed by atoms with van der Waals surface area (Å²) in [7, 11) is 0. The summed E-state index contributed by atoms with van der Waals surface area (Å²) in [6.07, 6.45) is 8.23. The Hall–Kier alpha value is -1.36. The summed E-state index contributed by atoms with van der Waals surface area (Å²) < 4.78 is 5.70. The fourth-order valence-corrected chi connectivity index (χ4v) is 2.90. The van der Waals surface area contributed by atoms with Crippen LogP contribution in [0.2, 0.25) is 0 Å². The van der Waals surface area contributed by atoms with E-state index in [9.17, 15) is 0 Å². The summed E-state index contributed by atoms with van der Waals surface area (Å²) in [5.74, 6) is 1.68. The molecule has 0 aromatic carbocycles. The van der Waals surface area contributed by atoms with E-state index < -0.39 is 0 Å². The van der Waals surface area contributed by atoms with E-state index in [-0.39, 0.29) is 6.10 Å². The van der Waals surface area contributed by atoms with Crippen LogP contribution < -0.4 is 15.0 Å². The van der Waals surface area contributed by atoms with Gasteiger partial charge in [-0.15, -0.1) is 0 Å². The molecule has 1 unspecified atom stereocenters. The fraction of sp³-hybridized carbons (Fsp3) is 0.750. The van der Waals surface area contributed by atoms with E-state index in [0.717, 1.165) is 24.9 Å². The van der Waals surface area contributed by atoms with Gasteiger partial charge in [-0.3, -0.25) is 0 Å². The Labute approximate surface area is 127 Å². The number of aromatic nitrogens is 2. The number of ether oxygens (including phenoxy) is 1. The summed E-state index contributed by atoms with van der Waals surface area (Å²) in [4.78, 5) is 11.1. The molecule has 1 N–H and O–H groups in total. The second kappa shape index (κ2) is 6.60. The number of nitrogens with one attached hydrogen (secondary N) is 1. The zero-order chi connectivity index (χ0) is 14.7. The Morgan fingerprint density at radius 3 is 2.90 bits per heavy atom. The van der Waals surface area contributed by atoms with Crippen molar-refractivity contribution in [1.82, 2.24) is 15.3 Å². The van der Waals surface area contributed by atoms with Crippen LogP contribution >= 0.6 is 0 Å². The molecule has 5 nitrogen and oxygen atoms in total. The van der Waals surface area contributed by atoms with Gasteiger partial charge in [0.05, 0.1) is 6.10 Å². The molecule has 1 atom stereocenters. The van der Waals surface area contributed by atoms with Gasteiger partial charge in [-0.25, -0.2) is 9.97 Å². The molecule has 2 heterocycles. The number of hydrogen-bond acceptors (Lipinski definition) is 5. The SMILES string of the molecule is CC(C)Oc1cc(N2CCCCC2CNC2CC2)ncn1. The predicted molar refractivity (Wildman–Crippen MR) is 83.8 cm³/mol. The number of rotatable bonds is 6. The van der Waals surface area contributed by atoms with Crippen molar-refractivity contribution in [2.24, 2.45) is 0 Å². The maximum atomic E-state index is 5.70. The first-order valence-electron chi connectivity index (χ1n) is 8.21. The van der Waals surface area contributed by atoms with Gasteiger partial charge in [0, 0.05) is 31.2 Å². The number of anilines is 1. The molecule has 2 fully saturated rings. The van der Waals surface area contributed by atoms with E-state index in [1.54, 1.807) is 6.33 Å². The van der Waals surface area contributed by atoms with Gasteiger partial charge in [0.15, 0.2) is 0 Å². The van der Waals surface area contributed by atoms with Crippen molar-refractivity contribution in [3.8, 4) is 5.88 Å². The van der Waals surface area contributed by atoms with E-state index in [0.29, 0.717) is 11.9 Å². The summed E-state index contributed by atoms with van der Waals surface area (Å²) >= 11 is 0. The Bertz CT molecular complexity index is 461. The first kappa shape index (κ1) is 14.6. The maximum absolute atomic E-state index is 5.70. The summed E-state index contributed by atoms with van der Waals surface area (Å²) in [6, 6.07) is 3.29. The molecule has 2 aliphatic rings. The van der Waals surface area contributed by atoms with Crippen molar-refractivity contribution in [3.05, 3.63) is 12.4 Å². The lowest BCUT2D eigenvalue weighted by molar-refractivity contribution is 0.232. The molecule has 0 spiro atoms. The van der Waals surface area contributed by atoms with E-state index in [4.69, 9.17) is 4.74 Å². The molecular weight excluding hydrogens is 264 g/mol. The molecule has 0 amide bonds. The second-order valence-corrected chi connectivity index (χ2v) is 6.41. The van der Waals surface area contributed by atoms with Crippen LogP contribution in [0.15, 0.2) is 12.4 Å². The van der Waals surface area contributed by atoms with Crippen LogP contribution in [0.1, 0.15) is 46.0 Å². The average molecular weight is 290 g/mol. The van der Waals surface area contributed by atoms with Gasteiger partial charge in [-0.05, 0) is 46.0 Å². The van der Waals surface area contributed by atoms with Gasteiger partial charge < -0.3 is 15.0 Å². The Kier molecular flexibility index (Phi) is 4.58. The third kappa shape index (κ3) is 4.06. The van der Waals surface area contributed by atoms with Gasteiger partial charge in [0.25, 0.3) is 0 Å². The van der Waals surface area contributed by atoms with Crippen LogP contribution in [0.4, 0.5) is 5.82 Å². The average Bonchev–Trinajstić information content (AvgIpc) is 3.29. The van der Waals surface area contributed by atoms with Crippen LogP contribution in [-0.2, 0) is 0 Å². The zero-order valence-electron chi connectivity index (χ0n) is 13.1. The van der Waals surface area contributed by atoms with Crippen molar-refractivity contribution in [1.29, 1.82) is 0 Å². The van der Waals surface area contributed by atoms with E-state index in [1.165, 1.54) is 32.1 Å². The molecule has 0 radical (unpaired) electrons. The van der Waals surface area contributed by atoms with Crippen molar-refractivity contribution in [2.75, 3.05) is 18.0 Å². The van der Waals surface area contributed by atoms with Crippen LogP contribution in [-0.4, -0.2) is 41.2 Å². The van der Waals surface area contributed by atoms with Gasteiger partial charge >= 0.3 is 0 Å². The molecule has 1 saturated heterocycles. The minimum atomic E-state index is 0.140. The Balaban J connectivity index is 1.69. The topological polar surface area (TPSA) is 50.3 Å². The highest BCUT2D eigenvalue weighted by atomic mass is 16.5. The molecule has 5 heteroatoms. The molecule has 0 bridgehead atoms. The van der Waals surface area contributed by atoms with Gasteiger partial charge in [0.1, 0.15) is 12.1 Å². The summed E-state index contributed by atoms with van der Waals surface area (Å²) in [6.45, 7) is 6.18. The molecule has 3 rings (SSSR count). The molecule has 1 aliphatic carbocycles. The molecule has 1 aromatic rings. The number of nitrogens with zero attached hydrogens (tertiary/aromatic N) is 3. The summed E-state index contributed by atoms with van der Waals surface area (Å²) in [5.41, 5.74) is 0. The fourth-order valence-electron chi connectivity index (χ4n) is 2.90. The minimum absolute atomic E-state index is 0.140. The van der Waals surface area contributed by atoms with E-state index in [1.807, 2.05) is 19.9 Å². The smallest absolute Gasteiger partial charge is 0.218 e. The highest BCUT2D eigenvalue weighted by Gasteiger charge is 2.27. The third-order valence-electron chi connectivity index (χ3n) is 4.12. The predicted octanol–water partition coefficient (Wildman–Crippen LogP) is 2.37. The third-order valence-corrected chi connectivity index (χ3v) is 4.12. The molecular formula is C16H26N4O. The second-order valence-electron chi connectivity index (χ2n) is 6.41. The largest absolute Gasteiger partial charge is 0.475 e. The first-order valence-corrected chi connectivity index (χ1v) is 8.21. The van der Waals surface area contributed by atoms with E-state index in [2.05, 4.69) is 20.2 Å². The van der Waals surface area contributed by atoms with Crippen molar-refractivity contribution in [3.63, 3.8) is 0 Å². The molecule has 1 saturated carbocycles. The maximum Gasteiger partial charge on any atom is 0.218 e. The summed E-state index contributed by atoms with van der Waals surface area (Å²) in [5, 5.41) is 3.66. The van der Waals surface area contributed by atoms with Crippen LogP contribution in [0.5, 0.6) is 5.88 Å². The van der Waals surface area contributed by atoms with Gasteiger partial charge in [-0.1, -0.05) is 0 Å². The lowest BCUT2D eigenvalue weighted by Crippen LogP contribution is -2.46. The highest BCUT2D eigenvalue weighted by molar-refractivity contribution is 5.42. The number of piperidine rings is 1. The van der Waals surface area contributed by atoms with Crippen LogP contribution in [0.3, 0.4) is 0 Å². The first-order chi connectivity index (χ1) is 10.2.